The van der Waals surface area contributed by atoms with Gasteiger partial charge >= 0.3 is 11.9 Å². The number of nitrogens with one attached hydrogen (secondary N) is 1. The summed E-state index contributed by atoms with van der Waals surface area (Å²) in [4.78, 5) is 34.9. The van der Waals surface area contributed by atoms with E-state index in [9.17, 15) is 14.4 Å². The average molecular weight is 405 g/mol. The van der Waals surface area contributed by atoms with E-state index in [1.165, 1.54) is 6.07 Å². The number of hydrogen-bond donors (Lipinski definition) is 2. The van der Waals surface area contributed by atoms with E-state index in [4.69, 9.17) is 9.84 Å². The van der Waals surface area contributed by atoms with Crippen LogP contribution in [0.3, 0.4) is 0 Å². The van der Waals surface area contributed by atoms with Crippen LogP contribution in [0, 0.1) is 3.57 Å². The summed E-state index contributed by atoms with van der Waals surface area (Å²) in [5, 5.41) is 11.2. The van der Waals surface area contributed by atoms with E-state index in [1.807, 2.05) is 22.6 Å². The number of carboxylic acid groups (broad SMARTS) is 1. The van der Waals surface area contributed by atoms with Gasteiger partial charge < -0.3 is 15.2 Å². The van der Waals surface area contributed by atoms with Gasteiger partial charge in [0, 0.05) is 9.13 Å². The van der Waals surface area contributed by atoms with Gasteiger partial charge in [0.2, 0.25) is 6.04 Å². The van der Waals surface area contributed by atoms with Crippen molar-refractivity contribution in [1.82, 2.24) is 5.32 Å². The van der Waals surface area contributed by atoms with Gasteiger partial charge in [-0.1, -0.05) is 13.0 Å². The molecule has 0 fully saturated rings. The van der Waals surface area contributed by atoms with Crippen molar-refractivity contribution in [2.75, 3.05) is 0 Å². The molecule has 7 heteroatoms. The standard InChI is InChI=1S/C14H16INO5/c1-3-8(2)21-14(20)11(13(18)19)16-12(17)9-5-4-6-10(15)7-9/h4-8,11H,3H2,1-2H3,(H,16,17)(H,18,19). The van der Waals surface area contributed by atoms with Crippen LogP contribution < -0.4 is 5.32 Å². The second-order valence-corrected chi connectivity index (χ2v) is 5.66. The van der Waals surface area contributed by atoms with E-state index in [0.29, 0.717) is 6.42 Å². The number of carbonyl (C=O) groups is 3. The first-order chi connectivity index (χ1) is 9.85. The lowest BCUT2D eigenvalue weighted by Crippen LogP contribution is -2.48. The summed E-state index contributed by atoms with van der Waals surface area (Å²) >= 11 is 2.03. The fraction of sp³-hybridized carbons (Fsp3) is 0.357. The van der Waals surface area contributed by atoms with Crippen LogP contribution in [-0.4, -0.2) is 35.1 Å². The minimum atomic E-state index is -1.72. The van der Waals surface area contributed by atoms with Crippen LogP contribution in [-0.2, 0) is 14.3 Å². The second-order valence-electron chi connectivity index (χ2n) is 4.41. The van der Waals surface area contributed by atoms with Crippen LogP contribution in [0.25, 0.3) is 0 Å². The molecule has 114 valence electrons. The van der Waals surface area contributed by atoms with Crippen molar-refractivity contribution in [3.8, 4) is 0 Å². The first-order valence-corrected chi connectivity index (χ1v) is 7.42. The topological polar surface area (TPSA) is 92.7 Å². The summed E-state index contributed by atoms with van der Waals surface area (Å²) in [6.07, 6.45) is 0.150. The molecule has 0 saturated carbocycles. The highest BCUT2D eigenvalue weighted by Gasteiger charge is 2.31. The molecule has 1 rings (SSSR count). The molecular weight excluding hydrogens is 389 g/mol. The predicted molar refractivity (Wildman–Crippen MR) is 83.9 cm³/mol. The Bertz CT molecular complexity index is 546. The average Bonchev–Trinajstić information content (AvgIpc) is 2.43. The number of esters is 1. The molecular formula is C14H16INO5. The van der Waals surface area contributed by atoms with Gasteiger partial charge in [-0.25, -0.2) is 9.59 Å². The van der Waals surface area contributed by atoms with Crippen LogP contribution in [0.5, 0.6) is 0 Å². The smallest absolute Gasteiger partial charge is 0.340 e. The third-order valence-electron chi connectivity index (χ3n) is 2.74. The number of amides is 1. The van der Waals surface area contributed by atoms with Crippen molar-refractivity contribution in [2.45, 2.75) is 32.4 Å². The Labute approximate surface area is 136 Å². The molecule has 0 aromatic heterocycles. The van der Waals surface area contributed by atoms with E-state index >= 15 is 0 Å². The van der Waals surface area contributed by atoms with Crippen LogP contribution in [0.15, 0.2) is 24.3 Å². The predicted octanol–water partition coefficient (Wildman–Crippen LogP) is 1.82. The normalized spacial score (nSPS) is 13.1. The van der Waals surface area contributed by atoms with Gasteiger partial charge in [0.15, 0.2) is 0 Å². The van der Waals surface area contributed by atoms with Gasteiger partial charge in [-0.15, -0.1) is 0 Å². The molecule has 1 amide bonds. The molecule has 0 bridgehead atoms. The maximum absolute atomic E-state index is 12.0. The third-order valence-corrected chi connectivity index (χ3v) is 3.41. The summed E-state index contributed by atoms with van der Waals surface area (Å²) < 4.78 is 5.78. The van der Waals surface area contributed by atoms with Gasteiger partial charge in [-0.2, -0.15) is 0 Å². The monoisotopic (exact) mass is 405 g/mol. The lowest BCUT2D eigenvalue weighted by atomic mass is 10.2. The molecule has 21 heavy (non-hydrogen) atoms. The second kappa shape index (κ2) is 7.96. The largest absolute Gasteiger partial charge is 0.479 e. The van der Waals surface area contributed by atoms with E-state index in [1.54, 1.807) is 32.0 Å². The Balaban J connectivity index is 2.81. The highest BCUT2D eigenvalue weighted by Crippen LogP contribution is 2.08. The molecule has 0 heterocycles. The molecule has 2 N–H and O–H groups in total. The van der Waals surface area contributed by atoms with Crippen molar-refractivity contribution in [1.29, 1.82) is 0 Å². The molecule has 0 aliphatic heterocycles. The zero-order chi connectivity index (χ0) is 16.0. The van der Waals surface area contributed by atoms with E-state index < -0.39 is 30.0 Å². The molecule has 1 aromatic carbocycles. The maximum atomic E-state index is 12.0. The number of carbonyl (C=O) groups excluding carboxylic acids is 2. The molecule has 0 spiro atoms. The number of halogens is 1. The van der Waals surface area contributed by atoms with E-state index in [0.717, 1.165) is 3.57 Å². The third kappa shape index (κ3) is 5.33. The number of hydrogen-bond acceptors (Lipinski definition) is 4. The molecule has 6 nitrogen and oxygen atoms in total. The zero-order valence-electron chi connectivity index (χ0n) is 11.6. The Kier molecular flexibility index (Phi) is 6.60. The number of carboxylic acids is 1. The highest BCUT2D eigenvalue weighted by molar-refractivity contribution is 14.1. The number of benzene rings is 1. The molecule has 0 aliphatic rings. The minimum absolute atomic E-state index is 0.282. The van der Waals surface area contributed by atoms with Crippen molar-refractivity contribution >= 4 is 40.4 Å². The summed E-state index contributed by atoms with van der Waals surface area (Å²) in [7, 11) is 0. The highest BCUT2D eigenvalue weighted by atomic mass is 127. The lowest BCUT2D eigenvalue weighted by Gasteiger charge is -2.17. The first kappa shape index (κ1) is 17.4. The molecule has 0 saturated heterocycles. The Hall–Kier alpha value is -1.64. The SMILES string of the molecule is CCC(C)OC(=O)C(NC(=O)c1cccc(I)c1)C(=O)O. The number of rotatable bonds is 6. The fourth-order valence-corrected chi connectivity index (χ4v) is 1.96. The molecule has 2 unspecified atom stereocenters. The number of aliphatic carboxylic acids is 1. The summed E-state index contributed by atoms with van der Waals surface area (Å²) in [6, 6.07) is 4.88. The van der Waals surface area contributed by atoms with Crippen LogP contribution in [0.1, 0.15) is 30.6 Å². The Morgan fingerprint density at radius 3 is 2.57 bits per heavy atom. The Morgan fingerprint density at radius 2 is 2.05 bits per heavy atom. The zero-order valence-corrected chi connectivity index (χ0v) is 13.8. The van der Waals surface area contributed by atoms with Crippen LogP contribution in [0.2, 0.25) is 0 Å². The molecule has 0 radical (unpaired) electrons. The quantitative estimate of drug-likeness (QED) is 0.428. The molecule has 1 aromatic rings. The van der Waals surface area contributed by atoms with Gasteiger partial charge in [0.05, 0.1) is 6.10 Å². The van der Waals surface area contributed by atoms with Crippen molar-refractivity contribution in [3.63, 3.8) is 0 Å². The van der Waals surface area contributed by atoms with Crippen LogP contribution in [0.4, 0.5) is 0 Å². The van der Waals surface area contributed by atoms with Gasteiger partial charge in [-0.3, -0.25) is 4.79 Å². The summed E-state index contributed by atoms with van der Waals surface area (Å²) in [5.74, 6) is -3.07. The first-order valence-electron chi connectivity index (χ1n) is 6.34. The fourth-order valence-electron chi connectivity index (χ4n) is 1.42. The maximum Gasteiger partial charge on any atom is 0.340 e. The van der Waals surface area contributed by atoms with Crippen molar-refractivity contribution in [2.24, 2.45) is 0 Å². The lowest BCUT2D eigenvalue weighted by molar-refractivity contribution is -0.158. The summed E-state index contributed by atoms with van der Waals surface area (Å²) in [5.41, 5.74) is 0.282. The Morgan fingerprint density at radius 1 is 1.38 bits per heavy atom. The van der Waals surface area contributed by atoms with Gasteiger partial charge in [0.25, 0.3) is 5.91 Å². The molecule has 2 atom stereocenters. The summed E-state index contributed by atoms with van der Waals surface area (Å²) in [6.45, 7) is 3.45. The number of ether oxygens (including phenoxy) is 1. The van der Waals surface area contributed by atoms with Crippen molar-refractivity contribution in [3.05, 3.63) is 33.4 Å². The van der Waals surface area contributed by atoms with Gasteiger partial charge in [-0.05, 0) is 54.1 Å². The van der Waals surface area contributed by atoms with Crippen LogP contribution >= 0.6 is 22.6 Å². The van der Waals surface area contributed by atoms with Crippen molar-refractivity contribution < 1.29 is 24.2 Å². The van der Waals surface area contributed by atoms with E-state index in [2.05, 4.69) is 5.32 Å². The minimum Gasteiger partial charge on any atom is -0.479 e. The van der Waals surface area contributed by atoms with Gasteiger partial charge in [0.1, 0.15) is 0 Å². The molecule has 0 aliphatic carbocycles. The van der Waals surface area contributed by atoms with E-state index in [-0.39, 0.29) is 5.56 Å².